The summed E-state index contributed by atoms with van der Waals surface area (Å²) in [4.78, 5) is 7.50. The summed E-state index contributed by atoms with van der Waals surface area (Å²) in [6.07, 6.45) is 5.02. The molecule has 2 aromatic heterocycles. The standard InChI is InChI=1S/C18H19ClN2/c1-12-10-16-7-6-14(11-17(16)21-12)4-3-5-15-8-9-20-18(19)13(15)2/h6-11,21H,3-5H2,1-2H3. The molecule has 0 aliphatic carbocycles. The Bertz CT molecular complexity index is 774. The monoisotopic (exact) mass is 298 g/mol. The molecule has 3 rings (SSSR count). The van der Waals surface area contributed by atoms with Gasteiger partial charge in [0.2, 0.25) is 0 Å². The minimum absolute atomic E-state index is 0.621. The summed E-state index contributed by atoms with van der Waals surface area (Å²) in [7, 11) is 0. The molecule has 1 aromatic carbocycles. The van der Waals surface area contributed by atoms with Gasteiger partial charge >= 0.3 is 0 Å². The van der Waals surface area contributed by atoms with Gasteiger partial charge in [-0.1, -0.05) is 23.7 Å². The molecular formula is C18H19ClN2. The van der Waals surface area contributed by atoms with Crippen molar-refractivity contribution in [2.45, 2.75) is 33.1 Å². The smallest absolute Gasteiger partial charge is 0.132 e. The zero-order valence-corrected chi connectivity index (χ0v) is 13.2. The van der Waals surface area contributed by atoms with Gasteiger partial charge in [0.1, 0.15) is 5.15 Å². The number of H-pyrrole nitrogens is 1. The van der Waals surface area contributed by atoms with Gasteiger partial charge in [-0.2, -0.15) is 0 Å². The van der Waals surface area contributed by atoms with Gasteiger partial charge in [0, 0.05) is 17.4 Å². The van der Waals surface area contributed by atoms with E-state index in [1.807, 2.05) is 6.92 Å². The first-order chi connectivity index (χ1) is 10.1. The van der Waals surface area contributed by atoms with Crippen molar-refractivity contribution in [3.8, 4) is 0 Å². The molecule has 21 heavy (non-hydrogen) atoms. The number of benzene rings is 1. The number of hydrogen-bond donors (Lipinski definition) is 1. The minimum Gasteiger partial charge on any atom is -0.359 e. The molecule has 0 unspecified atom stereocenters. The van der Waals surface area contributed by atoms with Gasteiger partial charge in [-0.05, 0) is 73.4 Å². The van der Waals surface area contributed by atoms with Crippen molar-refractivity contribution in [3.63, 3.8) is 0 Å². The molecule has 0 saturated carbocycles. The third kappa shape index (κ3) is 3.11. The van der Waals surface area contributed by atoms with Crippen LogP contribution in [0.1, 0.15) is 28.8 Å². The topological polar surface area (TPSA) is 28.7 Å². The molecule has 108 valence electrons. The van der Waals surface area contributed by atoms with Gasteiger partial charge in [-0.3, -0.25) is 0 Å². The summed E-state index contributed by atoms with van der Waals surface area (Å²) < 4.78 is 0. The summed E-state index contributed by atoms with van der Waals surface area (Å²) in [6.45, 7) is 4.13. The highest BCUT2D eigenvalue weighted by atomic mass is 35.5. The van der Waals surface area contributed by atoms with Crippen molar-refractivity contribution in [1.29, 1.82) is 0 Å². The maximum atomic E-state index is 6.06. The average Bonchev–Trinajstić information content (AvgIpc) is 2.83. The molecule has 1 N–H and O–H groups in total. The van der Waals surface area contributed by atoms with E-state index in [2.05, 4.69) is 47.2 Å². The van der Waals surface area contributed by atoms with Crippen LogP contribution in [-0.4, -0.2) is 9.97 Å². The van der Waals surface area contributed by atoms with Gasteiger partial charge < -0.3 is 4.98 Å². The molecule has 0 aliphatic rings. The van der Waals surface area contributed by atoms with Crippen molar-refractivity contribution in [1.82, 2.24) is 9.97 Å². The highest BCUT2D eigenvalue weighted by Gasteiger charge is 2.04. The third-order valence-corrected chi connectivity index (χ3v) is 4.37. The lowest BCUT2D eigenvalue weighted by Crippen LogP contribution is -1.94. The molecule has 0 radical (unpaired) electrons. The normalized spacial score (nSPS) is 11.2. The molecule has 0 bridgehead atoms. The summed E-state index contributed by atoms with van der Waals surface area (Å²) in [5.74, 6) is 0. The maximum Gasteiger partial charge on any atom is 0.132 e. The molecule has 0 atom stereocenters. The average molecular weight is 299 g/mol. The minimum atomic E-state index is 0.621. The van der Waals surface area contributed by atoms with Crippen molar-refractivity contribution < 1.29 is 0 Å². The molecule has 2 nitrogen and oxygen atoms in total. The Morgan fingerprint density at radius 3 is 2.81 bits per heavy atom. The van der Waals surface area contributed by atoms with Crippen LogP contribution in [0.4, 0.5) is 0 Å². The van der Waals surface area contributed by atoms with E-state index in [1.165, 1.54) is 27.7 Å². The lowest BCUT2D eigenvalue weighted by Gasteiger charge is -2.07. The predicted octanol–water partition coefficient (Wildman–Crippen LogP) is 5.01. The molecular weight excluding hydrogens is 280 g/mol. The van der Waals surface area contributed by atoms with Crippen LogP contribution in [0.25, 0.3) is 10.9 Å². The van der Waals surface area contributed by atoms with Gasteiger partial charge in [-0.15, -0.1) is 0 Å². The van der Waals surface area contributed by atoms with E-state index >= 15 is 0 Å². The fraction of sp³-hybridized carbons (Fsp3) is 0.278. The number of aromatic nitrogens is 2. The molecule has 0 fully saturated rings. The molecule has 0 spiro atoms. The Kier molecular flexibility index (Phi) is 3.98. The number of hydrogen-bond acceptors (Lipinski definition) is 1. The first-order valence-electron chi connectivity index (χ1n) is 7.32. The Labute approximate surface area is 130 Å². The Morgan fingerprint density at radius 1 is 1.10 bits per heavy atom. The van der Waals surface area contributed by atoms with Crippen LogP contribution in [0.3, 0.4) is 0 Å². The summed E-state index contributed by atoms with van der Waals surface area (Å²) in [6, 6.07) is 10.9. The second kappa shape index (κ2) is 5.90. The maximum absolute atomic E-state index is 6.06. The highest BCUT2D eigenvalue weighted by molar-refractivity contribution is 6.30. The number of aryl methyl sites for hydroxylation is 3. The van der Waals surface area contributed by atoms with Crippen molar-refractivity contribution in [3.05, 3.63) is 64.1 Å². The number of fused-ring (bicyclic) bond motifs is 1. The molecule has 0 amide bonds. The van der Waals surface area contributed by atoms with Crippen LogP contribution in [0.2, 0.25) is 5.15 Å². The largest absolute Gasteiger partial charge is 0.359 e. The van der Waals surface area contributed by atoms with Crippen molar-refractivity contribution >= 4 is 22.5 Å². The van der Waals surface area contributed by atoms with Gasteiger partial charge in [0.05, 0.1) is 0 Å². The number of nitrogens with one attached hydrogen (secondary N) is 1. The Morgan fingerprint density at radius 2 is 1.95 bits per heavy atom. The van der Waals surface area contributed by atoms with E-state index in [1.54, 1.807) is 6.20 Å². The van der Waals surface area contributed by atoms with E-state index in [-0.39, 0.29) is 0 Å². The SMILES string of the molecule is Cc1cc2ccc(CCCc3ccnc(Cl)c3C)cc2[nH]1. The van der Waals surface area contributed by atoms with Crippen LogP contribution in [-0.2, 0) is 12.8 Å². The Hall–Kier alpha value is -1.80. The fourth-order valence-electron chi connectivity index (χ4n) is 2.78. The first-order valence-corrected chi connectivity index (χ1v) is 7.69. The lowest BCUT2D eigenvalue weighted by atomic mass is 10.0. The summed E-state index contributed by atoms with van der Waals surface area (Å²) in [5, 5.41) is 1.91. The fourth-order valence-corrected chi connectivity index (χ4v) is 2.95. The molecule has 3 aromatic rings. The molecule has 0 aliphatic heterocycles. The van der Waals surface area contributed by atoms with Gasteiger partial charge in [0.25, 0.3) is 0 Å². The van der Waals surface area contributed by atoms with Crippen LogP contribution in [0.5, 0.6) is 0 Å². The number of rotatable bonds is 4. The number of aromatic amines is 1. The Balaban J connectivity index is 1.67. The van der Waals surface area contributed by atoms with Crippen LogP contribution in [0, 0.1) is 13.8 Å². The molecule has 0 saturated heterocycles. The summed E-state index contributed by atoms with van der Waals surface area (Å²) >= 11 is 6.06. The van der Waals surface area contributed by atoms with E-state index in [0.717, 1.165) is 24.8 Å². The van der Waals surface area contributed by atoms with E-state index in [4.69, 9.17) is 11.6 Å². The molecule has 3 heteroatoms. The quantitative estimate of drug-likeness (QED) is 0.674. The summed E-state index contributed by atoms with van der Waals surface area (Å²) in [5.41, 5.74) is 6.22. The molecule has 2 heterocycles. The van der Waals surface area contributed by atoms with Crippen molar-refractivity contribution in [2.24, 2.45) is 0 Å². The first kappa shape index (κ1) is 14.2. The van der Waals surface area contributed by atoms with Crippen LogP contribution >= 0.6 is 11.6 Å². The van der Waals surface area contributed by atoms with E-state index in [9.17, 15) is 0 Å². The lowest BCUT2D eigenvalue weighted by molar-refractivity contribution is 0.815. The third-order valence-electron chi connectivity index (χ3n) is 3.99. The zero-order chi connectivity index (χ0) is 14.8. The van der Waals surface area contributed by atoms with Gasteiger partial charge in [-0.25, -0.2) is 4.98 Å². The van der Waals surface area contributed by atoms with Crippen molar-refractivity contribution in [2.75, 3.05) is 0 Å². The predicted molar refractivity (Wildman–Crippen MR) is 89.0 cm³/mol. The highest BCUT2D eigenvalue weighted by Crippen LogP contribution is 2.20. The van der Waals surface area contributed by atoms with Crippen LogP contribution < -0.4 is 0 Å². The van der Waals surface area contributed by atoms with Crippen LogP contribution in [0.15, 0.2) is 36.5 Å². The number of nitrogens with zero attached hydrogens (tertiary/aromatic N) is 1. The van der Waals surface area contributed by atoms with Gasteiger partial charge in [0.15, 0.2) is 0 Å². The second-order valence-electron chi connectivity index (χ2n) is 5.61. The van der Waals surface area contributed by atoms with E-state index < -0.39 is 0 Å². The van der Waals surface area contributed by atoms with E-state index in [0.29, 0.717) is 5.15 Å². The zero-order valence-electron chi connectivity index (χ0n) is 12.4. The second-order valence-corrected chi connectivity index (χ2v) is 5.97. The number of pyridine rings is 1. The number of halogens is 1.